The van der Waals surface area contributed by atoms with E-state index >= 15 is 0 Å². The zero-order chi connectivity index (χ0) is 22.8. The van der Waals surface area contributed by atoms with E-state index in [0.717, 1.165) is 0 Å². The molecule has 0 aromatic rings. The summed E-state index contributed by atoms with van der Waals surface area (Å²) in [7, 11) is 1.84. The largest absolute Gasteiger partial charge is 0.444 e. The van der Waals surface area contributed by atoms with Gasteiger partial charge in [-0.1, -0.05) is 0 Å². The molecule has 1 N–H and O–H groups in total. The molecule has 4 rings (SSSR count). The SMILES string of the molecule is CN1O[C@@H](CNC(=O)OC(C)(C)C)C[C@H]1[C@@]12O[C@H]3COC(C)(C)O[C@H]3[C@@H]1OC(C)(C)O2. The van der Waals surface area contributed by atoms with Gasteiger partial charge in [0.2, 0.25) is 5.79 Å². The lowest BCUT2D eigenvalue weighted by molar-refractivity contribution is -0.336. The number of hydroxylamine groups is 2. The zero-order valence-corrected chi connectivity index (χ0v) is 19.7. The molecule has 4 saturated heterocycles. The Morgan fingerprint density at radius 3 is 2.52 bits per heavy atom. The third-order valence-corrected chi connectivity index (χ3v) is 5.81. The predicted molar refractivity (Wildman–Crippen MR) is 108 cm³/mol. The van der Waals surface area contributed by atoms with Gasteiger partial charge in [0.25, 0.3) is 0 Å². The van der Waals surface area contributed by atoms with E-state index < -0.39 is 35.2 Å². The van der Waals surface area contributed by atoms with Crippen LogP contribution < -0.4 is 5.32 Å². The van der Waals surface area contributed by atoms with Crippen molar-refractivity contribution in [2.75, 3.05) is 20.2 Å². The molecule has 0 aromatic carbocycles. The molecule has 0 aliphatic carbocycles. The van der Waals surface area contributed by atoms with E-state index in [4.69, 9.17) is 33.3 Å². The molecule has 0 spiro atoms. The van der Waals surface area contributed by atoms with Crippen LogP contribution in [-0.4, -0.2) is 84.8 Å². The van der Waals surface area contributed by atoms with Gasteiger partial charge in [0.1, 0.15) is 23.9 Å². The Bertz CT molecular complexity index is 708. The number of amides is 1. The molecule has 4 aliphatic rings. The van der Waals surface area contributed by atoms with Gasteiger partial charge in [-0.05, 0) is 48.5 Å². The van der Waals surface area contributed by atoms with Crippen LogP contribution >= 0.6 is 0 Å². The first kappa shape index (κ1) is 23.2. The van der Waals surface area contributed by atoms with E-state index in [1.54, 1.807) is 5.06 Å². The Hall–Kier alpha value is -1.01. The summed E-state index contributed by atoms with van der Waals surface area (Å²) in [6.45, 7) is 13.7. The lowest BCUT2D eigenvalue weighted by Crippen LogP contribution is -2.55. The summed E-state index contributed by atoms with van der Waals surface area (Å²) in [5.41, 5.74) is -0.559. The lowest BCUT2D eigenvalue weighted by Gasteiger charge is -2.38. The highest BCUT2D eigenvalue weighted by molar-refractivity contribution is 5.67. The molecule has 4 heterocycles. The van der Waals surface area contributed by atoms with Gasteiger partial charge in [0.05, 0.1) is 18.8 Å². The summed E-state index contributed by atoms with van der Waals surface area (Å²) in [5, 5.41) is 4.52. The zero-order valence-electron chi connectivity index (χ0n) is 19.7. The third-order valence-electron chi connectivity index (χ3n) is 5.81. The van der Waals surface area contributed by atoms with Crippen LogP contribution in [-0.2, 0) is 33.3 Å². The minimum atomic E-state index is -1.07. The number of hydrogen-bond donors (Lipinski definition) is 1. The molecule has 31 heavy (non-hydrogen) atoms. The van der Waals surface area contributed by atoms with Crippen molar-refractivity contribution in [3.05, 3.63) is 0 Å². The number of nitrogens with one attached hydrogen (secondary N) is 1. The monoisotopic (exact) mass is 444 g/mol. The number of nitrogens with zero attached hydrogens (tertiary/aromatic N) is 1. The van der Waals surface area contributed by atoms with Gasteiger partial charge in [0, 0.05) is 20.0 Å². The Morgan fingerprint density at radius 1 is 1.13 bits per heavy atom. The highest BCUT2D eigenvalue weighted by Gasteiger charge is 2.71. The lowest BCUT2D eigenvalue weighted by atomic mass is 9.94. The Labute approximate surface area is 183 Å². The first-order chi connectivity index (χ1) is 14.2. The van der Waals surface area contributed by atoms with Gasteiger partial charge in [-0.2, -0.15) is 5.06 Å². The van der Waals surface area contributed by atoms with E-state index in [2.05, 4.69) is 5.32 Å². The molecule has 0 aromatic heterocycles. The number of likely N-dealkylation sites (N-methyl/N-ethyl adjacent to an activating group) is 1. The van der Waals surface area contributed by atoms with Crippen molar-refractivity contribution in [1.82, 2.24) is 10.4 Å². The van der Waals surface area contributed by atoms with Crippen molar-refractivity contribution < 1.29 is 38.1 Å². The number of carbonyl (C=O) groups excluding carboxylic acids is 1. The molecule has 0 bridgehead atoms. The number of hydrogen-bond acceptors (Lipinski definition) is 9. The van der Waals surface area contributed by atoms with E-state index in [9.17, 15) is 4.79 Å². The maximum absolute atomic E-state index is 12.0. The van der Waals surface area contributed by atoms with Crippen LogP contribution in [0.3, 0.4) is 0 Å². The Morgan fingerprint density at radius 2 is 1.84 bits per heavy atom. The molecule has 4 fully saturated rings. The fourth-order valence-electron chi connectivity index (χ4n) is 4.79. The maximum atomic E-state index is 12.0. The molecule has 10 heteroatoms. The summed E-state index contributed by atoms with van der Waals surface area (Å²) in [5.74, 6) is -2.64. The van der Waals surface area contributed by atoms with Crippen LogP contribution in [0.2, 0.25) is 0 Å². The first-order valence-electron chi connectivity index (χ1n) is 10.9. The van der Waals surface area contributed by atoms with E-state index in [-0.39, 0.29) is 24.4 Å². The Kier molecular flexibility index (Phi) is 5.61. The van der Waals surface area contributed by atoms with Crippen LogP contribution in [0, 0.1) is 0 Å². The highest BCUT2D eigenvalue weighted by Crippen LogP contribution is 2.53. The van der Waals surface area contributed by atoms with Crippen LogP contribution in [0.15, 0.2) is 0 Å². The number of fused-ring (bicyclic) bond motifs is 3. The fourth-order valence-corrected chi connectivity index (χ4v) is 4.79. The molecule has 4 aliphatic heterocycles. The fraction of sp³-hybridized carbons (Fsp3) is 0.952. The number of carbonyl (C=O) groups is 1. The summed E-state index contributed by atoms with van der Waals surface area (Å²) in [4.78, 5) is 18.0. The van der Waals surface area contributed by atoms with E-state index in [1.165, 1.54) is 0 Å². The second-order valence-electron chi connectivity index (χ2n) is 10.6. The summed E-state index contributed by atoms with van der Waals surface area (Å²) < 4.78 is 36.5. The second-order valence-corrected chi connectivity index (χ2v) is 10.6. The van der Waals surface area contributed by atoms with Gasteiger partial charge in [0.15, 0.2) is 11.6 Å². The van der Waals surface area contributed by atoms with Crippen molar-refractivity contribution in [2.45, 2.75) is 108 Å². The van der Waals surface area contributed by atoms with Crippen molar-refractivity contribution in [1.29, 1.82) is 0 Å². The smallest absolute Gasteiger partial charge is 0.407 e. The molecule has 10 nitrogen and oxygen atoms in total. The van der Waals surface area contributed by atoms with Crippen LogP contribution in [0.4, 0.5) is 4.79 Å². The maximum Gasteiger partial charge on any atom is 0.407 e. The molecular formula is C21H36N2O8. The van der Waals surface area contributed by atoms with Gasteiger partial charge >= 0.3 is 6.09 Å². The first-order valence-corrected chi connectivity index (χ1v) is 10.9. The van der Waals surface area contributed by atoms with Gasteiger partial charge in [-0.25, -0.2) is 4.79 Å². The second kappa shape index (κ2) is 7.51. The van der Waals surface area contributed by atoms with E-state index in [0.29, 0.717) is 19.6 Å². The van der Waals surface area contributed by atoms with Crippen molar-refractivity contribution in [3.63, 3.8) is 0 Å². The molecular weight excluding hydrogens is 408 g/mol. The minimum Gasteiger partial charge on any atom is -0.444 e. The minimum absolute atomic E-state index is 0.260. The topological polar surface area (TPSA) is 97.0 Å². The summed E-state index contributed by atoms with van der Waals surface area (Å²) >= 11 is 0. The number of alkyl carbamates (subject to hydrolysis) is 1. The number of rotatable bonds is 3. The average molecular weight is 445 g/mol. The quantitative estimate of drug-likeness (QED) is 0.700. The number of ether oxygens (including phenoxy) is 6. The molecule has 178 valence electrons. The van der Waals surface area contributed by atoms with Crippen LogP contribution in [0.5, 0.6) is 0 Å². The van der Waals surface area contributed by atoms with Crippen LogP contribution in [0.25, 0.3) is 0 Å². The van der Waals surface area contributed by atoms with Gasteiger partial charge < -0.3 is 33.7 Å². The molecule has 1 amide bonds. The van der Waals surface area contributed by atoms with Crippen molar-refractivity contribution in [2.24, 2.45) is 0 Å². The van der Waals surface area contributed by atoms with Gasteiger partial charge in [-0.3, -0.25) is 4.84 Å². The predicted octanol–water partition coefficient (Wildman–Crippen LogP) is 1.91. The summed E-state index contributed by atoms with van der Waals surface area (Å²) in [6, 6.07) is -0.262. The highest BCUT2D eigenvalue weighted by atomic mass is 16.9. The Balaban J connectivity index is 1.47. The van der Waals surface area contributed by atoms with Crippen molar-refractivity contribution >= 4 is 6.09 Å². The van der Waals surface area contributed by atoms with Crippen LogP contribution in [0.1, 0.15) is 54.9 Å². The normalized spacial score (nSPS) is 41.6. The van der Waals surface area contributed by atoms with Gasteiger partial charge in [-0.15, -0.1) is 0 Å². The standard InChI is InChI=1S/C21H36N2O8/c1-18(2,3)29-17(24)22-10-12-9-14(23(8)30-12)21-16(28-20(6,7)31-21)15-13(26-21)11-25-19(4,5)27-15/h12-16H,9-11H2,1-8H3,(H,22,24)/t12-,13+,14+,15-,16+,21+/m1/s1. The average Bonchev–Trinajstić information content (AvgIpc) is 3.18. The van der Waals surface area contributed by atoms with E-state index in [1.807, 2.05) is 55.5 Å². The molecule has 6 atom stereocenters. The molecule has 0 saturated carbocycles. The van der Waals surface area contributed by atoms with Crippen molar-refractivity contribution in [3.8, 4) is 0 Å². The third kappa shape index (κ3) is 4.57. The molecule has 0 unspecified atom stereocenters. The summed E-state index contributed by atoms with van der Waals surface area (Å²) in [6.07, 6.45) is -1.23. The molecule has 0 radical (unpaired) electrons.